The summed E-state index contributed by atoms with van der Waals surface area (Å²) in [6, 6.07) is 0. The van der Waals surface area contributed by atoms with Crippen molar-refractivity contribution in [2.24, 2.45) is 17.8 Å². The van der Waals surface area contributed by atoms with Gasteiger partial charge >= 0.3 is 0 Å². The lowest BCUT2D eigenvalue weighted by atomic mass is 9.86. The summed E-state index contributed by atoms with van der Waals surface area (Å²) in [5, 5.41) is 0. The van der Waals surface area contributed by atoms with Crippen molar-refractivity contribution >= 4 is 11.8 Å². The molecule has 136 valence electrons. The van der Waals surface area contributed by atoms with Gasteiger partial charge in [-0.05, 0) is 50.9 Å². The molecule has 0 spiro atoms. The third-order valence-electron chi connectivity index (χ3n) is 6.52. The van der Waals surface area contributed by atoms with Crippen molar-refractivity contribution < 1.29 is 9.59 Å². The molecule has 0 radical (unpaired) electrons. The summed E-state index contributed by atoms with van der Waals surface area (Å²) in [4.78, 5) is 30.9. The molecule has 24 heavy (non-hydrogen) atoms. The van der Waals surface area contributed by atoms with Crippen LogP contribution in [0.4, 0.5) is 0 Å². The highest BCUT2D eigenvalue weighted by atomic mass is 16.2. The van der Waals surface area contributed by atoms with E-state index in [-0.39, 0.29) is 5.91 Å². The van der Waals surface area contributed by atoms with Gasteiger partial charge in [0, 0.05) is 45.7 Å². The van der Waals surface area contributed by atoms with E-state index in [1.165, 1.54) is 25.7 Å². The number of nitrogens with zero attached hydrogens (tertiary/aromatic N) is 3. The van der Waals surface area contributed by atoms with E-state index in [0.29, 0.717) is 18.4 Å². The Balaban J connectivity index is 1.40. The Kier molecular flexibility index (Phi) is 5.80. The van der Waals surface area contributed by atoms with Gasteiger partial charge in [0.15, 0.2) is 0 Å². The zero-order valence-electron chi connectivity index (χ0n) is 15.4. The van der Waals surface area contributed by atoms with Crippen LogP contribution < -0.4 is 0 Å². The van der Waals surface area contributed by atoms with Gasteiger partial charge in [-0.25, -0.2) is 0 Å². The third-order valence-corrected chi connectivity index (χ3v) is 6.52. The van der Waals surface area contributed by atoms with Crippen LogP contribution in [0.2, 0.25) is 0 Å². The molecule has 5 heteroatoms. The minimum absolute atomic E-state index is 0.210. The molecular weight excluding hydrogens is 302 g/mol. The second kappa shape index (κ2) is 7.85. The Morgan fingerprint density at radius 3 is 2.25 bits per heavy atom. The van der Waals surface area contributed by atoms with Crippen LogP contribution in [0.15, 0.2) is 0 Å². The molecule has 2 saturated carbocycles. The van der Waals surface area contributed by atoms with E-state index in [9.17, 15) is 9.59 Å². The third kappa shape index (κ3) is 3.93. The lowest BCUT2D eigenvalue weighted by molar-refractivity contribution is -0.135. The van der Waals surface area contributed by atoms with E-state index >= 15 is 0 Å². The average molecular weight is 335 g/mol. The van der Waals surface area contributed by atoms with Crippen LogP contribution >= 0.6 is 0 Å². The molecule has 2 bridgehead atoms. The van der Waals surface area contributed by atoms with E-state index < -0.39 is 0 Å². The van der Waals surface area contributed by atoms with Gasteiger partial charge in [0.2, 0.25) is 11.8 Å². The van der Waals surface area contributed by atoms with E-state index in [1.807, 2.05) is 23.6 Å². The van der Waals surface area contributed by atoms with E-state index in [2.05, 4.69) is 4.90 Å². The SMILES string of the molecule is CCN(CC)C(=O)CN1CCN(C(=O)CC2CC3CCC2C3)CC1. The van der Waals surface area contributed by atoms with Crippen molar-refractivity contribution in [2.45, 2.75) is 46.0 Å². The first-order chi connectivity index (χ1) is 11.6. The lowest BCUT2D eigenvalue weighted by Crippen LogP contribution is -2.51. The Labute approximate surface area is 146 Å². The highest BCUT2D eigenvalue weighted by molar-refractivity contribution is 5.78. The predicted octanol–water partition coefficient (Wildman–Crippen LogP) is 1.83. The molecule has 3 atom stereocenters. The number of hydrogen-bond donors (Lipinski definition) is 0. The molecule has 1 saturated heterocycles. The Bertz CT molecular complexity index is 456. The summed E-state index contributed by atoms with van der Waals surface area (Å²) in [6.07, 6.45) is 6.17. The number of carbonyl (C=O) groups excluding carboxylic acids is 2. The van der Waals surface area contributed by atoms with Crippen LogP contribution in [0, 0.1) is 17.8 Å². The van der Waals surface area contributed by atoms with E-state index in [0.717, 1.165) is 57.5 Å². The number of hydrogen-bond acceptors (Lipinski definition) is 3. The van der Waals surface area contributed by atoms with Gasteiger partial charge in [0.05, 0.1) is 6.54 Å². The molecule has 1 aliphatic heterocycles. The topological polar surface area (TPSA) is 43.9 Å². The van der Waals surface area contributed by atoms with E-state index in [4.69, 9.17) is 0 Å². The summed E-state index contributed by atoms with van der Waals surface area (Å²) >= 11 is 0. The summed E-state index contributed by atoms with van der Waals surface area (Å²) in [5.41, 5.74) is 0. The molecule has 5 nitrogen and oxygen atoms in total. The van der Waals surface area contributed by atoms with Crippen molar-refractivity contribution in [3.8, 4) is 0 Å². The maximum absolute atomic E-state index is 12.6. The van der Waals surface area contributed by atoms with Crippen molar-refractivity contribution in [2.75, 3.05) is 45.8 Å². The maximum Gasteiger partial charge on any atom is 0.236 e. The quantitative estimate of drug-likeness (QED) is 0.744. The van der Waals surface area contributed by atoms with Crippen molar-refractivity contribution in [1.29, 1.82) is 0 Å². The molecule has 0 N–H and O–H groups in total. The highest BCUT2D eigenvalue weighted by Gasteiger charge is 2.40. The largest absolute Gasteiger partial charge is 0.342 e. The first-order valence-electron chi connectivity index (χ1n) is 9.88. The lowest BCUT2D eigenvalue weighted by Gasteiger charge is -2.36. The number of carbonyl (C=O) groups is 2. The van der Waals surface area contributed by atoms with Crippen LogP contribution in [-0.2, 0) is 9.59 Å². The fourth-order valence-corrected chi connectivity index (χ4v) is 5.00. The van der Waals surface area contributed by atoms with Crippen LogP contribution in [-0.4, -0.2) is 72.3 Å². The second-order valence-corrected chi connectivity index (χ2v) is 7.86. The molecule has 1 heterocycles. The molecule has 3 unspecified atom stereocenters. The van der Waals surface area contributed by atoms with Gasteiger partial charge in [-0.3, -0.25) is 14.5 Å². The molecule has 3 fully saturated rings. The summed E-state index contributed by atoms with van der Waals surface area (Å²) in [7, 11) is 0. The molecule has 2 amide bonds. The zero-order chi connectivity index (χ0) is 17.1. The summed E-state index contributed by atoms with van der Waals surface area (Å²) in [6.45, 7) is 9.31. The first kappa shape index (κ1) is 17.7. The van der Waals surface area contributed by atoms with Crippen LogP contribution in [0.3, 0.4) is 0 Å². The summed E-state index contributed by atoms with van der Waals surface area (Å²) < 4.78 is 0. The minimum Gasteiger partial charge on any atom is -0.342 e. The minimum atomic E-state index is 0.210. The predicted molar refractivity (Wildman–Crippen MR) is 94.5 cm³/mol. The van der Waals surface area contributed by atoms with Gasteiger partial charge in [-0.1, -0.05) is 6.42 Å². The van der Waals surface area contributed by atoms with Crippen molar-refractivity contribution in [1.82, 2.24) is 14.7 Å². The first-order valence-corrected chi connectivity index (χ1v) is 9.88. The molecule has 2 aliphatic carbocycles. The maximum atomic E-state index is 12.6. The van der Waals surface area contributed by atoms with Gasteiger partial charge in [-0.15, -0.1) is 0 Å². The number of piperazine rings is 1. The van der Waals surface area contributed by atoms with Crippen molar-refractivity contribution in [3.05, 3.63) is 0 Å². The number of likely N-dealkylation sites (N-methyl/N-ethyl adjacent to an activating group) is 1. The number of fused-ring (bicyclic) bond motifs is 2. The molecular formula is C19H33N3O2. The molecule has 0 aromatic heterocycles. The number of rotatable bonds is 6. The molecule has 0 aromatic carbocycles. The Morgan fingerprint density at radius 2 is 1.71 bits per heavy atom. The highest BCUT2D eigenvalue weighted by Crippen LogP contribution is 2.49. The molecule has 3 aliphatic rings. The average Bonchev–Trinajstić information content (AvgIpc) is 3.19. The van der Waals surface area contributed by atoms with Gasteiger partial charge < -0.3 is 9.80 Å². The monoisotopic (exact) mass is 335 g/mol. The van der Waals surface area contributed by atoms with Gasteiger partial charge in [-0.2, -0.15) is 0 Å². The standard InChI is InChI=1S/C19H33N3O2/c1-3-21(4-2)19(24)14-20-7-9-22(10-8-20)18(23)13-17-12-15-5-6-16(17)11-15/h15-17H,3-14H2,1-2H3. The normalized spacial score (nSPS) is 29.9. The fraction of sp³-hybridized carbons (Fsp3) is 0.895. The Morgan fingerprint density at radius 1 is 1.00 bits per heavy atom. The second-order valence-electron chi connectivity index (χ2n) is 7.86. The molecule has 0 aromatic rings. The molecule has 3 rings (SSSR count). The van der Waals surface area contributed by atoms with Crippen LogP contribution in [0.1, 0.15) is 46.0 Å². The smallest absolute Gasteiger partial charge is 0.236 e. The van der Waals surface area contributed by atoms with Gasteiger partial charge in [0.25, 0.3) is 0 Å². The fourth-order valence-electron chi connectivity index (χ4n) is 5.00. The zero-order valence-corrected chi connectivity index (χ0v) is 15.4. The summed E-state index contributed by atoms with van der Waals surface area (Å²) in [5.74, 6) is 2.95. The van der Waals surface area contributed by atoms with Crippen LogP contribution in [0.5, 0.6) is 0 Å². The van der Waals surface area contributed by atoms with Crippen molar-refractivity contribution in [3.63, 3.8) is 0 Å². The van der Waals surface area contributed by atoms with Crippen LogP contribution in [0.25, 0.3) is 0 Å². The van der Waals surface area contributed by atoms with E-state index in [1.54, 1.807) is 0 Å². The van der Waals surface area contributed by atoms with Gasteiger partial charge in [0.1, 0.15) is 0 Å². The Hall–Kier alpha value is -1.10. The number of amides is 2.